The van der Waals surface area contributed by atoms with Gasteiger partial charge in [0.1, 0.15) is 12.4 Å². The van der Waals surface area contributed by atoms with Crippen LogP contribution >= 0.6 is 46.6 Å². The Morgan fingerprint density at radius 3 is 2.50 bits per heavy atom. The molecule has 114 valence electrons. The number of benzene rings is 2. The Bertz CT molecular complexity index is 716. The van der Waals surface area contributed by atoms with E-state index in [4.69, 9.17) is 39.5 Å². The van der Waals surface area contributed by atoms with Crippen LogP contribution in [-0.2, 0) is 4.79 Å². The molecule has 0 bridgehead atoms. The number of carbonyl (C=O) groups is 1. The third-order valence-electron chi connectivity index (χ3n) is 3.42. The summed E-state index contributed by atoms with van der Waals surface area (Å²) in [5.74, 6) is 0.964. The quantitative estimate of drug-likeness (QED) is 0.709. The minimum atomic E-state index is -0.279. The Kier molecular flexibility index (Phi) is 4.88. The molecular formula is C16H11Cl3O2S. The van der Waals surface area contributed by atoms with Crippen molar-refractivity contribution in [3.8, 4) is 5.75 Å². The van der Waals surface area contributed by atoms with E-state index in [-0.39, 0.29) is 18.3 Å². The zero-order chi connectivity index (χ0) is 15.7. The maximum Gasteiger partial charge on any atom is 0.178 e. The zero-order valence-corrected chi connectivity index (χ0v) is 14.4. The summed E-state index contributed by atoms with van der Waals surface area (Å²) in [6.45, 7) is -0.00482. The van der Waals surface area contributed by atoms with Crippen LogP contribution in [0.15, 0.2) is 41.3 Å². The largest absolute Gasteiger partial charge is 0.486 e. The lowest BCUT2D eigenvalue weighted by Crippen LogP contribution is -2.20. The van der Waals surface area contributed by atoms with Crippen molar-refractivity contribution in [1.29, 1.82) is 0 Å². The molecule has 0 radical (unpaired) electrons. The van der Waals surface area contributed by atoms with Gasteiger partial charge in [-0.3, -0.25) is 4.79 Å². The molecular weight excluding hydrogens is 363 g/mol. The highest BCUT2D eigenvalue weighted by molar-refractivity contribution is 7.99. The SMILES string of the molecule is O=C(COc1ccc(Cl)cc1)C1CSc2c(Cl)ccc(Cl)c21. The topological polar surface area (TPSA) is 26.3 Å². The summed E-state index contributed by atoms with van der Waals surface area (Å²) in [6, 6.07) is 10.4. The number of thioether (sulfide) groups is 1. The van der Waals surface area contributed by atoms with Crippen molar-refractivity contribution in [1.82, 2.24) is 0 Å². The molecule has 6 heteroatoms. The Morgan fingerprint density at radius 2 is 1.77 bits per heavy atom. The summed E-state index contributed by atoms with van der Waals surface area (Å²) >= 11 is 19.8. The van der Waals surface area contributed by atoms with Gasteiger partial charge >= 0.3 is 0 Å². The van der Waals surface area contributed by atoms with Crippen molar-refractivity contribution >= 4 is 52.3 Å². The van der Waals surface area contributed by atoms with Gasteiger partial charge in [-0.2, -0.15) is 0 Å². The zero-order valence-electron chi connectivity index (χ0n) is 11.3. The lowest BCUT2D eigenvalue weighted by molar-refractivity contribution is -0.122. The second kappa shape index (κ2) is 6.71. The minimum Gasteiger partial charge on any atom is -0.486 e. The number of hydrogen-bond donors (Lipinski definition) is 0. The summed E-state index contributed by atoms with van der Waals surface area (Å²) in [7, 11) is 0. The van der Waals surface area contributed by atoms with Crippen LogP contribution in [0.25, 0.3) is 0 Å². The molecule has 0 N–H and O–H groups in total. The summed E-state index contributed by atoms with van der Waals surface area (Å²) in [5, 5.41) is 1.84. The average molecular weight is 374 g/mol. The van der Waals surface area contributed by atoms with E-state index in [9.17, 15) is 4.79 Å². The number of rotatable bonds is 4. The van der Waals surface area contributed by atoms with Gasteiger partial charge in [0.2, 0.25) is 0 Å². The van der Waals surface area contributed by atoms with Crippen LogP contribution in [0.1, 0.15) is 11.5 Å². The first-order valence-corrected chi connectivity index (χ1v) is 8.70. The Labute approximate surface area is 147 Å². The van der Waals surface area contributed by atoms with Crippen molar-refractivity contribution in [2.24, 2.45) is 0 Å². The molecule has 3 rings (SSSR count). The summed E-state index contributed by atoms with van der Waals surface area (Å²) < 4.78 is 5.53. The minimum absolute atomic E-state index is 0.00482. The average Bonchev–Trinajstić information content (AvgIpc) is 2.96. The van der Waals surface area contributed by atoms with E-state index in [0.717, 1.165) is 10.5 Å². The van der Waals surface area contributed by atoms with Crippen LogP contribution in [0.3, 0.4) is 0 Å². The number of hydrogen-bond acceptors (Lipinski definition) is 3. The van der Waals surface area contributed by atoms with Crippen molar-refractivity contribution in [3.05, 3.63) is 57.0 Å². The molecule has 1 aliphatic heterocycles. The van der Waals surface area contributed by atoms with Gasteiger partial charge in [-0.1, -0.05) is 34.8 Å². The van der Waals surface area contributed by atoms with Gasteiger partial charge in [-0.15, -0.1) is 11.8 Å². The number of Topliss-reactive ketones (excluding diaryl/α,β-unsaturated/α-hetero) is 1. The number of carbonyl (C=O) groups excluding carboxylic acids is 1. The van der Waals surface area contributed by atoms with Crippen molar-refractivity contribution in [3.63, 3.8) is 0 Å². The normalized spacial score (nSPS) is 16.4. The van der Waals surface area contributed by atoms with E-state index in [0.29, 0.717) is 26.6 Å². The number of ether oxygens (including phenoxy) is 1. The van der Waals surface area contributed by atoms with Crippen molar-refractivity contribution in [2.75, 3.05) is 12.4 Å². The molecule has 2 aromatic carbocycles. The Morgan fingerprint density at radius 1 is 1.09 bits per heavy atom. The second-order valence-electron chi connectivity index (χ2n) is 4.84. The highest BCUT2D eigenvalue weighted by Gasteiger charge is 2.33. The van der Waals surface area contributed by atoms with Gasteiger partial charge in [0.25, 0.3) is 0 Å². The molecule has 1 aliphatic rings. The first-order valence-electron chi connectivity index (χ1n) is 6.58. The molecule has 2 nitrogen and oxygen atoms in total. The standard InChI is InChI=1S/C16H11Cl3O2S/c17-9-1-3-10(4-2-9)21-7-14(20)11-8-22-16-13(19)6-5-12(18)15(11)16/h1-6,11H,7-8H2. The fraction of sp³-hybridized carbons (Fsp3) is 0.188. The van der Waals surface area contributed by atoms with Crippen LogP contribution in [0, 0.1) is 0 Å². The van der Waals surface area contributed by atoms with Crippen LogP contribution in [-0.4, -0.2) is 18.1 Å². The lowest BCUT2D eigenvalue weighted by atomic mass is 9.97. The summed E-state index contributed by atoms with van der Waals surface area (Å²) in [5.41, 5.74) is 0.823. The van der Waals surface area contributed by atoms with Crippen LogP contribution in [0.4, 0.5) is 0 Å². The molecule has 22 heavy (non-hydrogen) atoms. The monoisotopic (exact) mass is 372 g/mol. The molecule has 0 saturated carbocycles. The molecule has 1 atom stereocenters. The number of fused-ring (bicyclic) bond motifs is 1. The molecule has 2 aromatic rings. The number of halogens is 3. The maximum atomic E-state index is 12.4. The predicted molar refractivity (Wildman–Crippen MR) is 91.9 cm³/mol. The molecule has 0 aliphatic carbocycles. The fourth-order valence-electron chi connectivity index (χ4n) is 2.31. The lowest BCUT2D eigenvalue weighted by Gasteiger charge is -2.12. The summed E-state index contributed by atoms with van der Waals surface area (Å²) in [4.78, 5) is 13.3. The van der Waals surface area contributed by atoms with Gasteiger partial charge in [0, 0.05) is 20.7 Å². The first-order chi connectivity index (χ1) is 10.6. The van der Waals surface area contributed by atoms with Crippen LogP contribution in [0.5, 0.6) is 5.75 Å². The van der Waals surface area contributed by atoms with Gasteiger partial charge in [0.05, 0.1) is 10.9 Å². The van der Waals surface area contributed by atoms with Crippen LogP contribution in [0.2, 0.25) is 15.1 Å². The van der Waals surface area contributed by atoms with E-state index >= 15 is 0 Å². The highest BCUT2D eigenvalue weighted by atomic mass is 35.5. The molecule has 0 spiro atoms. The van der Waals surface area contributed by atoms with E-state index in [1.807, 2.05) is 0 Å². The van der Waals surface area contributed by atoms with Gasteiger partial charge in [0.15, 0.2) is 5.78 Å². The third-order valence-corrected chi connectivity index (χ3v) is 5.66. The molecule has 1 unspecified atom stereocenters. The molecule has 1 heterocycles. The molecule has 0 saturated heterocycles. The van der Waals surface area contributed by atoms with E-state index < -0.39 is 0 Å². The molecule has 0 aromatic heterocycles. The predicted octanol–water partition coefficient (Wildman–Crippen LogP) is 5.48. The molecule has 0 amide bonds. The molecule has 0 fully saturated rings. The van der Waals surface area contributed by atoms with Gasteiger partial charge in [-0.25, -0.2) is 0 Å². The van der Waals surface area contributed by atoms with E-state index in [1.165, 1.54) is 0 Å². The highest BCUT2D eigenvalue weighted by Crippen LogP contribution is 2.47. The van der Waals surface area contributed by atoms with Gasteiger partial charge in [-0.05, 0) is 42.0 Å². The Balaban J connectivity index is 1.73. The fourth-order valence-corrected chi connectivity index (χ4v) is 4.41. The Hall–Kier alpha value is -0.870. The van der Waals surface area contributed by atoms with E-state index in [2.05, 4.69) is 0 Å². The first kappa shape index (κ1) is 16.0. The second-order valence-corrected chi connectivity index (χ2v) is 7.13. The third kappa shape index (κ3) is 3.23. The maximum absolute atomic E-state index is 12.4. The van der Waals surface area contributed by atoms with Crippen LogP contribution < -0.4 is 4.74 Å². The summed E-state index contributed by atoms with van der Waals surface area (Å²) in [6.07, 6.45) is 0. The number of ketones is 1. The van der Waals surface area contributed by atoms with Crippen molar-refractivity contribution in [2.45, 2.75) is 10.8 Å². The van der Waals surface area contributed by atoms with Crippen molar-refractivity contribution < 1.29 is 9.53 Å². The van der Waals surface area contributed by atoms with E-state index in [1.54, 1.807) is 48.2 Å². The van der Waals surface area contributed by atoms with Gasteiger partial charge < -0.3 is 4.74 Å². The smallest absolute Gasteiger partial charge is 0.178 e.